The normalized spacial score (nSPS) is 10.1. The molecule has 22 heavy (non-hydrogen) atoms. The molecule has 1 aromatic heterocycles. The highest BCUT2D eigenvalue weighted by Crippen LogP contribution is 2.27. The Morgan fingerprint density at radius 3 is 2.73 bits per heavy atom. The van der Waals surface area contributed by atoms with Crippen molar-refractivity contribution in [2.45, 2.75) is 13.8 Å². The minimum absolute atomic E-state index is 0.288. The van der Waals surface area contributed by atoms with E-state index in [1.54, 1.807) is 24.4 Å². The van der Waals surface area contributed by atoms with Crippen molar-refractivity contribution in [1.29, 1.82) is 0 Å². The number of pyridine rings is 1. The molecule has 1 amide bonds. The van der Waals surface area contributed by atoms with Crippen LogP contribution in [-0.4, -0.2) is 17.4 Å². The highest BCUT2D eigenvalue weighted by molar-refractivity contribution is 6.34. The van der Waals surface area contributed by atoms with Gasteiger partial charge in [-0.2, -0.15) is 0 Å². The number of hydrogen-bond donors (Lipinski definition) is 2. The van der Waals surface area contributed by atoms with Crippen LogP contribution in [0.3, 0.4) is 0 Å². The predicted molar refractivity (Wildman–Crippen MR) is 91.8 cm³/mol. The number of anilines is 2. The summed E-state index contributed by atoms with van der Waals surface area (Å²) in [5, 5.41) is 6.44. The van der Waals surface area contributed by atoms with E-state index in [1.165, 1.54) is 0 Å². The van der Waals surface area contributed by atoms with Crippen LogP contribution < -0.4 is 10.6 Å². The average molecular weight is 316 g/mol. The molecule has 0 unspecified atom stereocenters. The standard InChI is InChI=1S/C17H18ClN3O/c1-4-7-19-13-5-6-15(20-10-13)17(22)21-16-12(3)8-11(2)9-14(16)18/h4-6,8-10,19H,1,7H2,2-3H3,(H,21,22). The molecule has 0 aliphatic heterocycles. The van der Waals surface area contributed by atoms with E-state index in [0.717, 1.165) is 16.8 Å². The first-order valence-corrected chi connectivity index (χ1v) is 7.28. The first kappa shape index (κ1) is 16.0. The summed E-state index contributed by atoms with van der Waals surface area (Å²) in [4.78, 5) is 16.4. The Morgan fingerprint density at radius 2 is 2.14 bits per heavy atom. The molecule has 1 heterocycles. The van der Waals surface area contributed by atoms with Crippen molar-refractivity contribution in [2.75, 3.05) is 17.2 Å². The van der Waals surface area contributed by atoms with Crippen LogP contribution in [0.15, 0.2) is 43.1 Å². The van der Waals surface area contributed by atoms with Crippen LogP contribution in [0.25, 0.3) is 0 Å². The number of aryl methyl sites for hydroxylation is 2. The number of carbonyl (C=O) groups is 1. The summed E-state index contributed by atoms with van der Waals surface area (Å²) in [7, 11) is 0. The Morgan fingerprint density at radius 1 is 1.36 bits per heavy atom. The maximum absolute atomic E-state index is 12.3. The topological polar surface area (TPSA) is 54.0 Å². The van der Waals surface area contributed by atoms with Gasteiger partial charge in [0.25, 0.3) is 5.91 Å². The smallest absolute Gasteiger partial charge is 0.274 e. The third-order valence-electron chi connectivity index (χ3n) is 3.12. The van der Waals surface area contributed by atoms with Gasteiger partial charge in [-0.15, -0.1) is 6.58 Å². The van der Waals surface area contributed by atoms with Gasteiger partial charge in [0.2, 0.25) is 0 Å². The molecule has 0 saturated carbocycles. The van der Waals surface area contributed by atoms with E-state index in [2.05, 4.69) is 22.2 Å². The van der Waals surface area contributed by atoms with Crippen LogP contribution in [-0.2, 0) is 0 Å². The molecule has 1 aromatic carbocycles. The first-order valence-electron chi connectivity index (χ1n) is 6.90. The molecular weight excluding hydrogens is 298 g/mol. The lowest BCUT2D eigenvalue weighted by Crippen LogP contribution is -2.15. The average Bonchev–Trinajstić information content (AvgIpc) is 2.49. The van der Waals surface area contributed by atoms with Gasteiger partial charge in [-0.05, 0) is 43.2 Å². The fourth-order valence-electron chi connectivity index (χ4n) is 2.07. The van der Waals surface area contributed by atoms with E-state index < -0.39 is 0 Å². The second-order valence-corrected chi connectivity index (χ2v) is 5.40. The molecule has 5 heteroatoms. The second kappa shape index (κ2) is 7.09. The lowest BCUT2D eigenvalue weighted by atomic mass is 10.1. The quantitative estimate of drug-likeness (QED) is 0.813. The fraction of sp³-hybridized carbons (Fsp3) is 0.176. The molecule has 2 rings (SSSR count). The van der Waals surface area contributed by atoms with E-state index in [0.29, 0.717) is 22.9 Å². The number of amides is 1. The summed E-state index contributed by atoms with van der Waals surface area (Å²) < 4.78 is 0. The third kappa shape index (κ3) is 3.86. The second-order valence-electron chi connectivity index (χ2n) is 4.99. The maximum Gasteiger partial charge on any atom is 0.274 e. The Hall–Kier alpha value is -2.33. The highest BCUT2D eigenvalue weighted by atomic mass is 35.5. The molecule has 0 aliphatic carbocycles. The van der Waals surface area contributed by atoms with Gasteiger partial charge in [-0.25, -0.2) is 4.98 Å². The number of nitrogens with zero attached hydrogens (tertiary/aromatic N) is 1. The van der Waals surface area contributed by atoms with E-state index in [4.69, 9.17) is 11.6 Å². The number of benzene rings is 1. The number of aromatic nitrogens is 1. The zero-order valence-corrected chi connectivity index (χ0v) is 13.4. The molecule has 2 aromatic rings. The van der Waals surface area contributed by atoms with Gasteiger partial charge >= 0.3 is 0 Å². The van der Waals surface area contributed by atoms with E-state index in [9.17, 15) is 4.79 Å². The largest absolute Gasteiger partial charge is 0.380 e. The van der Waals surface area contributed by atoms with Crippen molar-refractivity contribution in [3.63, 3.8) is 0 Å². The maximum atomic E-state index is 12.3. The van der Waals surface area contributed by atoms with Crippen molar-refractivity contribution in [1.82, 2.24) is 4.98 Å². The summed E-state index contributed by atoms with van der Waals surface area (Å²) in [5.74, 6) is -0.288. The zero-order chi connectivity index (χ0) is 16.1. The molecule has 2 N–H and O–H groups in total. The highest BCUT2D eigenvalue weighted by Gasteiger charge is 2.12. The molecule has 0 spiro atoms. The molecule has 0 atom stereocenters. The molecule has 0 fully saturated rings. The molecule has 114 valence electrons. The van der Waals surface area contributed by atoms with Crippen LogP contribution in [0.2, 0.25) is 5.02 Å². The van der Waals surface area contributed by atoms with Crippen LogP contribution >= 0.6 is 11.6 Å². The van der Waals surface area contributed by atoms with Crippen molar-refractivity contribution < 1.29 is 4.79 Å². The first-order chi connectivity index (χ1) is 10.5. The molecule has 0 saturated heterocycles. The van der Waals surface area contributed by atoms with Crippen molar-refractivity contribution in [2.24, 2.45) is 0 Å². The molecule has 0 radical (unpaired) electrons. The number of nitrogens with one attached hydrogen (secondary N) is 2. The van der Waals surface area contributed by atoms with E-state index in [1.807, 2.05) is 26.0 Å². The van der Waals surface area contributed by atoms with Crippen LogP contribution in [0.5, 0.6) is 0 Å². The summed E-state index contributed by atoms with van der Waals surface area (Å²) in [6, 6.07) is 7.25. The number of carbonyl (C=O) groups excluding carboxylic acids is 1. The number of halogens is 1. The van der Waals surface area contributed by atoms with Gasteiger partial charge < -0.3 is 10.6 Å². The van der Waals surface area contributed by atoms with Crippen LogP contribution in [0.4, 0.5) is 11.4 Å². The number of rotatable bonds is 5. The Balaban J connectivity index is 2.14. The fourth-order valence-corrected chi connectivity index (χ4v) is 2.44. The zero-order valence-electron chi connectivity index (χ0n) is 12.6. The van der Waals surface area contributed by atoms with Crippen LogP contribution in [0.1, 0.15) is 21.6 Å². The monoisotopic (exact) mass is 315 g/mol. The van der Waals surface area contributed by atoms with Gasteiger partial charge in [0.15, 0.2) is 0 Å². The molecular formula is C17H18ClN3O. The minimum atomic E-state index is -0.288. The Bertz CT molecular complexity index is 673. The number of hydrogen-bond acceptors (Lipinski definition) is 3. The molecule has 4 nitrogen and oxygen atoms in total. The molecule has 0 bridgehead atoms. The van der Waals surface area contributed by atoms with Crippen molar-refractivity contribution in [3.8, 4) is 0 Å². The van der Waals surface area contributed by atoms with Gasteiger partial charge in [0.1, 0.15) is 5.69 Å². The SMILES string of the molecule is C=CCNc1ccc(C(=O)Nc2c(C)cc(C)cc2Cl)nc1. The summed E-state index contributed by atoms with van der Waals surface area (Å²) in [5.41, 5.74) is 3.76. The van der Waals surface area contributed by atoms with Gasteiger partial charge in [-0.1, -0.05) is 23.7 Å². The van der Waals surface area contributed by atoms with Crippen molar-refractivity contribution >= 4 is 28.9 Å². The third-order valence-corrected chi connectivity index (χ3v) is 3.42. The Kier molecular flexibility index (Phi) is 5.17. The van der Waals surface area contributed by atoms with E-state index in [-0.39, 0.29) is 5.91 Å². The summed E-state index contributed by atoms with van der Waals surface area (Å²) in [6.45, 7) is 8.14. The lowest BCUT2D eigenvalue weighted by Gasteiger charge is -2.11. The lowest BCUT2D eigenvalue weighted by molar-refractivity contribution is 0.102. The van der Waals surface area contributed by atoms with Gasteiger partial charge in [-0.3, -0.25) is 4.79 Å². The molecule has 0 aliphatic rings. The predicted octanol–water partition coefficient (Wildman–Crippen LogP) is 4.20. The van der Waals surface area contributed by atoms with E-state index >= 15 is 0 Å². The Labute approximate surface area is 135 Å². The minimum Gasteiger partial charge on any atom is -0.380 e. The summed E-state index contributed by atoms with van der Waals surface area (Å²) in [6.07, 6.45) is 3.37. The van der Waals surface area contributed by atoms with Gasteiger partial charge in [0.05, 0.1) is 22.6 Å². The van der Waals surface area contributed by atoms with Crippen molar-refractivity contribution in [3.05, 3.63) is 65.0 Å². The van der Waals surface area contributed by atoms with Crippen LogP contribution in [0, 0.1) is 13.8 Å². The van der Waals surface area contributed by atoms with Gasteiger partial charge in [0, 0.05) is 6.54 Å². The summed E-state index contributed by atoms with van der Waals surface area (Å²) >= 11 is 6.19.